The Bertz CT molecular complexity index is 364. The first-order chi connectivity index (χ1) is 7.27. The number of carbonyl (C=O) groups excluding carboxylic acids is 1. The molecule has 0 bridgehead atoms. The maximum Gasteiger partial charge on any atom is 0.130 e. The van der Waals surface area contributed by atoms with Gasteiger partial charge in [0.05, 0.1) is 5.41 Å². The zero-order chi connectivity index (χ0) is 10.7. The SMILES string of the molecule is Cl.O=CC1(c2cccc(Br)c2)CCNCC1. The van der Waals surface area contributed by atoms with Crippen LogP contribution in [-0.2, 0) is 10.2 Å². The van der Waals surface area contributed by atoms with Crippen molar-refractivity contribution in [1.82, 2.24) is 5.32 Å². The van der Waals surface area contributed by atoms with Crippen molar-refractivity contribution in [2.45, 2.75) is 18.3 Å². The van der Waals surface area contributed by atoms with Crippen LogP contribution >= 0.6 is 28.3 Å². The fourth-order valence-electron chi connectivity index (χ4n) is 2.15. The Morgan fingerprint density at radius 2 is 2.00 bits per heavy atom. The number of benzene rings is 1. The molecule has 4 heteroatoms. The fraction of sp³-hybridized carbons (Fsp3) is 0.417. The third kappa shape index (κ3) is 2.65. The van der Waals surface area contributed by atoms with Crippen molar-refractivity contribution in [3.8, 4) is 0 Å². The fourth-order valence-corrected chi connectivity index (χ4v) is 2.54. The lowest BCUT2D eigenvalue weighted by molar-refractivity contribution is -0.113. The van der Waals surface area contributed by atoms with Gasteiger partial charge in [-0.05, 0) is 43.6 Å². The third-order valence-corrected chi connectivity index (χ3v) is 3.61. The topological polar surface area (TPSA) is 29.1 Å². The first kappa shape index (κ1) is 13.7. The molecular formula is C12H15BrClNO. The van der Waals surface area contributed by atoms with Crippen LogP contribution < -0.4 is 5.32 Å². The highest BCUT2D eigenvalue weighted by molar-refractivity contribution is 9.10. The molecule has 1 N–H and O–H groups in total. The average molecular weight is 305 g/mol. The predicted molar refractivity (Wildman–Crippen MR) is 71.2 cm³/mol. The molecule has 0 atom stereocenters. The van der Waals surface area contributed by atoms with Gasteiger partial charge >= 0.3 is 0 Å². The van der Waals surface area contributed by atoms with Crippen LogP contribution in [0, 0.1) is 0 Å². The molecule has 88 valence electrons. The van der Waals surface area contributed by atoms with E-state index in [4.69, 9.17) is 0 Å². The van der Waals surface area contributed by atoms with Crippen molar-refractivity contribution < 1.29 is 4.79 Å². The minimum Gasteiger partial charge on any atom is -0.317 e. The Morgan fingerprint density at radius 3 is 2.56 bits per heavy atom. The van der Waals surface area contributed by atoms with Crippen molar-refractivity contribution in [1.29, 1.82) is 0 Å². The monoisotopic (exact) mass is 303 g/mol. The minimum atomic E-state index is -0.269. The van der Waals surface area contributed by atoms with Crippen molar-refractivity contribution in [2.24, 2.45) is 0 Å². The lowest BCUT2D eigenvalue weighted by atomic mass is 9.74. The second-order valence-electron chi connectivity index (χ2n) is 4.03. The van der Waals surface area contributed by atoms with E-state index in [2.05, 4.69) is 27.3 Å². The predicted octanol–water partition coefficient (Wildman–Crippen LogP) is 2.69. The van der Waals surface area contributed by atoms with E-state index >= 15 is 0 Å². The summed E-state index contributed by atoms with van der Waals surface area (Å²) in [6, 6.07) is 8.08. The zero-order valence-corrected chi connectivity index (χ0v) is 11.3. The normalized spacial score (nSPS) is 18.6. The standard InChI is InChI=1S/C12H14BrNO.ClH/c13-11-3-1-2-10(8-11)12(9-15)4-6-14-7-5-12;/h1-3,8-9,14H,4-7H2;1H. The van der Waals surface area contributed by atoms with Gasteiger partial charge in [0.25, 0.3) is 0 Å². The highest BCUT2D eigenvalue weighted by Crippen LogP contribution is 2.32. The molecule has 1 aromatic rings. The van der Waals surface area contributed by atoms with Gasteiger partial charge in [-0.15, -0.1) is 12.4 Å². The molecule has 2 nitrogen and oxygen atoms in total. The van der Waals surface area contributed by atoms with Crippen LogP contribution in [0.25, 0.3) is 0 Å². The first-order valence-electron chi connectivity index (χ1n) is 5.20. The van der Waals surface area contributed by atoms with Gasteiger partial charge in [-0.3, -0.25) is 0 Å². The summed E-state index contributed by atoms with van der Waals surface area (Å²) in [5, 5.41) is 3.29. The van der Waals surface area contributed by atoms with E-state index in [1.165, 1.54) is 0 Å². The molecule has 16 heavy (non-hydrogen) atoms. The van der Waals surface area contributed by atoms with E-state index in [9.17, 15) is 4.79 Å². The van der Waals surface area contributed by atoms with Crippen molar-refractivity contribution in [3.63, 3.8) is 0 Å². The Kier molecular flexibility index (Phi) is 4.96. The minimum absolute atomic E-state index is 0. The highest BCUT2D eigenvalue weighted by Gasteiger charge is 2.33. The first-order valence-corrected chi connectivity index (χ1v) is 5.99. The average Bonchev–Trinajstić information content (AvgIpc) is 2.30. The number of halogens is 2. The van der Waals surface area contributed by atoms with E-state index in [-0.39, 0.29) is 17.8 Å². The molecule has 0 aliphatic carbocycles. The smallest absolute Gasteiger partial charge is 0.130 e. The van der Waals surface area contributed by atoms with E-state index in [0.29, 0.717) is 0 Å². The zero-order valence-electron chi connectivity index (χ0n) is 8.91. The number of carbonyl (C=O) groups is 1. The maximum atomic E-state index is 11.4. The Hall–Kier alpha value is -0.380. The molecule has 0 unspecified atom stereocenters. The lowest BCUT2D eigenvalue weighted by Gasteiger charge is -2.33. The van der Waals surface area contributed by atoms with Gasteiger partial charge in [0.1, 0.15) is 6.29 Å². The summed E-state index contributed by atoms with van der Waals surface area (Å²) in [6.07, 6.45) is 2.91. The molecule has 0 aromatic heterocycles. The molecule has 0 spiro atoms. The molecule has 1 heterocycles. The largest absolute Gasteiger partial charge is 0.317 e. The number of nitrogens with one attached hydrogen (secondary N) is 1. The molecule has 0 radical (unpaired) electrons. The number of aldehydes is 1. The Morgan fingerprint density at radius 1 is 1.31 bits per heavy atom. The van der Waals surface area contributed by atoms with Gasteiger partial charge in [-0.2, -0.15) is 0 Å². The van der Waals surface area contributed by atoms with Gasteiger partial charge < -0.3 is 10.1 Å². The summed E-state index contributed by atoms with van der Waals surface area (Å²) in [7, 11) is 0. The van der Waals surface area contributed by atoms with Gasteiger partial charge in [0.15, 0.2) is 0 Å². The number of hydrogen-bond acceptors (Lipinski definition) is 2. The lowest BCUT2D eigenvalue weighted by Crippen LogP contribution is -2.41. The van der Waals surface area contributed by atoms with Gasteiger partial charge in [0, 0.05) is 4.47 Å². The van der Waals surface area contributed by atoms with Crippen LogP contribution in [0.3, 0.4) is 0 Å². The van der Waals surface area contributed by atoms with E-state index in [0.717, 1.165) is 42.3 Å². The highest BCUT2D eigenvalue weighted by atomic mass is 79.9. The number of piperidine rings is 1. The quantitative estimate of drug-likeness (QED) is 0.851. The van der Waals surface area contributed by atoms with Crippen LogP contribution in [0.15, 0.2) is 28.7 Å². The maximum absolute atomic E-state index is 11.4. The van der Waals surface area contributed by atoms with E-state index < -0.39 is 0 Å². The third-order valence-electron chi connectivity index (χ3n) is 3.12. The van der Waals surface area contributed by atoms with Crippen LogP contribution in [0.2, 0.25) is 0 Å². The molecule has 1 fully saturated rings. The molecule has 0 amide bonds. The summed E-state index contributed by atoms with van der Waals surface area (Å²) in [5.74, 6) is 0. The summed E-state index contributed by atoms with van der Waals surface area (Å²) < 4.78 is 1.04. The summed E-state index contributed by atoms with van der Waals surface area (Å²) in [4.78, 5) is 11.4. The van der Waals surface area contributed by atoms with Crippen molar-refractivity contribution in [3.05, 3.63) is 34.3 Å². The van der Waals surface area contributed by atoms with E-state index in [1.54, 1.807) is 0 Å². The Labute approximate surface area is 110 Å². The second-order valence-corrected chi connectivity index (χ2v) is 4.95. The molecule has 1 aliphatic heterocycles. The van der Waals surface area contributed by atoms with Crippen LogP contribution in [-0.4, -0.2) is 19.4 Å². The van der Waals surface area contributed by atoms with E-state index in [1.807, 2.05) is 18.2 Å². The second kappa shape index (κ2) is 5.80. The van der Waals surface area contributed by atoms with Crippen molar-refractivity contribution in [2.75, 3.05) is 13.1 Å². The molecular weight excluding hydrogens is 289 g/mol. The molecule has 1 saturated heterocycles. The molecule has 1 aromatic carbocycles. The Balaban J connectivity index is 0.00000128. The van der Waals surface area contributed by atoms with Gasteiger partial charge in [0.2, 0.25) is 0 Å². The molecule has 2 rings (SSSR count). The summed E-state index contributed by atoms with van der Waals surface area (Å²) in [5.41, 5.74) is 0.864. The van der Waals surface area contributed by atoms with Gasteiger partial charge in [-0.1, -0.05) is 28.1 Å². The number of hydrogen-bond donors (Lipinski definition) is 1. The van der Waals surface area contributed by atoms with Crippen LogP contribution in [0.1, 0.15) is 18.4 Å². The summed E-state index contributed by atoms with van der Waals surface area (Å²) in [6.45, 7) is 1.84. The number of rotatable bonds is 2. The van der Waals surface area contributed by atoms with Crippen molar-refractivity contribution >= 4 is 34.6 Å². The van der Waals surface area contributed by atoms with Crippen LogP contribution in [0.4, 0.5) is 0 Å². The van der Waals surface area contributed by atoms with Gasteiger partial charge in [-0.25, -0.2) is 0 Å². The summed E-state index contributed by atoms with van der Waals surface area (Å²) >= 11 is 3.45. The van der Waals surface area contributed by atoms with Crippen LogP contribution in [0.5, 0.6) is 0 Å². The molecule has 0 saturated carbocycles. The molecule has 1 aliphatic rings.